The van der Waals surface area contributed by atoms with E-state index in [1.807, 2.05) is 0 Å². The highest BCUT2D eigenvalue weighted by molar-refractivity contribution is 6.28. The fraction of sp³-hybridized carbons (Fsp3) is 0.344. The van der Waals surface area contributed by atoms with Crippen LogP contribution < -0.4 is 4.57 Å². The van der Waals surface area contributed by atoms with Gasteiger partial charge in [-0.2, -0.15) is 0 Å². The minimum absolute atomic E-state index is 0.664. The van der Waals surface area contributed by atoms with Gasteiger partial charge in [-0.3, -0.25) is 0 Å². The van der Waals surface area contributed by atoms with Crippen molar-refractivity contribution in [3.63, 3.8) is 0 Å². The maximum Gasteiger partial charge on any atom is 0.224 e. The minimum Gasteiger partial charge on any atom is -0.307 e. The van der Waals surface area contributed by atoms with Crippen LogP contribution in [-0.2, 0) is 7.05 Å². The molecule has 34 heavy (non-hydrogen) atoms. The Hall–Kier alpha value is -3.13. The molecule has 0 unspecified atom stereocenters. The number of aromatic nitrogens is 2. The van der Waals surface area contributed by atoms with Crippen LogP contribution in [0.15, 0.2) is 42.6 Å². The van der Waals surface area contributed by atoms with Gasteiger partial charge in [-0.15, -0.1) is 0 Å². The van der Waals surface area contributed by atoms with Crippen LogP contribution in [0.25, 0.3) is 49.0 Å². The third-order valence-corrected chi connectivity index (χ3v) is 8.83. The van der Waals surface area contributed by atoms with Crippen LogP contribution in [-0.4, -0.2) is 4.40 Å². The second kappa shape index (κ2) is 6.95. The Morgan fingerprint density at radius 1 is 0.794 bits per heavy atom. The predicted octanol–water partition coefficient (Wildman–Crippen LogP) is 8.10. The lowest BCUT2D eigenvalue weighted by atomic mass is 9.81. The number of rotatable bonds is 1. The van der Waals surface area contributed by atoms with E-state index >= 15 is 0 Å². The maximum absolute atomic E-state index is 2.63. The Balaban J connectivity index is 1.86. The molecule has 7 rings (SSSR count). The van der Waals surface area contributed by atoms with Crippen LogP contribution in [0.4, 0.5) is 0 Å². The molecule has 3 aromatic carbocycles. The Kier molecular flexibility index (Phi) is 4.14. The van der Waals surface area contributed by atoms with Crippen molar-refractivity contribution in [3.8, 4) is 0 Å². The van der Waals surface area contributed by atoms with Crippen molar-refractivity contribution < 1.29 is 4.57 Å². The summed E-state index contributed by atoms with van der Waals surface area (Å²) in [5, 5.41) is 7.16. The molecule has 3 aromatic heterocycles. The molecule has 1 aliphatic rings. The quantitative estimate of drug-likeness (QED) is 0.137. The third-order valence-electron chi connectivity index (χ3n) is 8.83. The van der Waals surface area contributed by atoms with Crippen molar-refractivity contribution in [1.29, 1.82) is 0 Å². The first-order valence-electron chi connectivity index (χ1n) is 13.0. The number of pyridine rings is 2. The summed E-state index contributed by atoms with van der Waals surface area (Å²) in [4.78, 5) is 0. The molecule has 2 heteroatoms. The van der Waals surface area contributed by atoms with Crippen LogP contribution in [0.2, 0.25) is 0 Å². The summed E-state index contributed by atoms with van der Waals surface area (Å²) in [6.07, 6.45) is 9.02. The van der Waals surface area contributed by atoms with E-state index in [-0.39, 0.29) is 0 Å². The van der Waals surface area contributed by atoms with Gasteiger partial charge in [0.25, 0.3) is 0 Å². The predicted molar refractivity (Wildman–Crippen MR) is 145 cm³/mol. The van der Waals surface area contributed by atoms with Crippen LogP contribution >= 0.6 is 0 Å². The molecule has 0 saturated heterocycles. The fourth-order valence-corrected chi connectivity index (χ4v) is 7.13. The summed E-state index contributed by atoms with van der Waals surface area (Å²) >= 11 is 0. The molecular weight excluding hydrogens is 412 g/mol. The zero-order chi connectivity index (χ0) is 23.3. The summed E-state index contributed by atoms with van der Waals surface area (Å²) in [6, 6.07) is 14.4. The Labute approximate surface area is 201 Å². The number of hydrogen-bond donors (Lipinski definition) is 0. The molecule has 0 N–H and O–H groups in total. The lowest BCUT2D eigenvalue weighted by Crippen LogP contribution is -2.29. The number of aryl methyl sites for hydroxylation is 5. The van der Waals surface area contributed by atoms with Gasteiger partial charge in [0.15, 0.2) is 6.20 Å². The van der Waals surface area contributed by atoms with E-state index < -0.39 is 0 Å². The number of fused-ring (bicyclic) bond motifs is 6. The van der Waals surface area contributed by atoms with E-state index in [2.05, 4.69) is 86.3 Å². The second-order valence-corrected chi connectivity index (χ2v) is 11.0. The van der Waals surface area contributed by atoms with Gasteiger partial charge in [-0.05, 0) is 92.3 Å². The smallest absolute Gasteiger partial charge is 0.224 e. The van der Waals surface area contributed by atoms with Crippen molar-refractivity contribution in [2.75, 3.05) is 0 Å². The summed E-state index contributed by atoms with van der Waals surface area (Å²) in [7, 11) is 2.22. The first-order chi connectivity index (χ1) is 16.5. The van der Waals surface area contributed by atoms with Crippen molar-refractivity contribution >= 4 is 49.0 Å². The van der Waals surface area contributed by atoms with E-state index in [0.717, 1.165) is 0 Å². The zero-order valence-corrected chi connectivity index (χ0v) is 21.0. The van der Waals surface area contributed by atoms with E-state index in [0.29, 0.717) is 5.92 Å². The van der Waals surface area contributed by atoms with Crippen molar-refractivity contribution in [2.24, 2.45) is 7.05 Å². The standard InChI is InChI=1S/C32H33N2/c1-18-11-12-26-25(15-18)29-24(22-9-7-6-8-10-22)17-23-13-14-33(5)31-27-21(4)19(2)16-20(3)30(27)34(26)32(29)28(23)31/h11-17,22H,6-10H2,1-5H3/q+1. The second-order valence-electron chi connectivity index (χ2n) is 11.0. The molecule has 3 heterocycles. The third kappa shape index (κ3) is 2.49. The van der Waals surface area contributed by atoms with Gasteiger partial charge in [0.2, 0.25) is 5.52 Å². The highest BCUT2D eigenvalue weighted by Gasteiger charge is 2.29. The summed E-state index contributed by atoms with van der Waals surface area (Å²) in [5.41, 5.74) is 12.6. The molecular formula is C32H33N2+. The SMILES string of the molecule is Cc1ccc2c(c1)c1c(C3CCCCC3)cc3cc[n+](C)c4c5c(C)c(C)cc(C)c5n2c1c34. The molecule has 0 bridgehead atoms. The first kappa shape index (κ1) is 20.3. The average molecular weight is 446 g/mol. The van der Waals surface area contributed by atoms with E-state index in [9.17, 15) is 0 Å². The molecule has 1 fully saturated rings. The molecule has 0 aliphatic heterocycles. The highest BCUT2D eigenvalue weighted by Crippen LogP contribution is 2.47. The molecule has 1 aliphatic carbocycles. The van der Waals surface area contributed by atoms with E-state index in [4.69, 9.17) is 0 Å². The lowest BCUT2D eigenvalue weighted by Gasteiger charge is -2.24. The van der Waals surface area contributed by atoms with E-state index in [1.54, 1.807) is 5.56 Å². The minimum atomic E-state index is 0.664. The van der Waals surface area contributed by atoms with Crippen molar-refractivity contribution in [3.05, 3.63) is 70.4 Å². The van der Waals surface area contributed by atoms with Gasteiger partial charge < -0.3 is 4.40 Å². The number of hydrogen-bond acceptors (Lipinski definition) is 0. The van der Waals surface area contributed by atoms with Gasteiger partial charge >= 0.3 is 0 Å². The molecule has 0 spiro atoms. The Bertz CT molecular complexity index is 1780. The molecule has 0 radical (unpaired) electrons. The molecule has 0 atom stereocenters. The highest BCUT2D eigenvalue weighted by atomic mass is 15.0. The molecule has 170 valence electrons. The van der Waals surface area contributed by atoms with Crippen LogP contribution in [0.5, 0.6) is 0 Å². The fourth-order valence-electron chi connectivity index (χ4n) is 7.13. The Morgan fingerprint density at radius 2 is 1.59 bits per heavy atom. The van der Waals surface area contributed by atoms with Crippen molar-refractivity contribution in [1.82, 2.24) is 4.40 Å². The number of benzene rings is 3. The number of nitrogens with zero attached hydrogens (tertiary/aromatic N) is 2. The largest absolute Gasteiger partial charge is 0.307 e. The lowest BCUT2D eigenvalue weighted by molar-refractivity contribution is -0.643. The van der Waals surface area contributed by atoms with E-state index in [1.165, 1.54) is 103 Å². The molecule has 6 aromatic rings. The van der Waals surface area contributed by atoms with Gasteiger partial charge in [0.1, 0.15) is 7.05 Å². The summed E-state index contributed by atoms with van der Waals surface area (Å²) in [6.45, 7) is 9.10. The maximum atomic E-state index is 2.63. The molecule has 1 saturated carbocycles. The van der Waals surface area contributed by atoms with Crippen LogP contribution in [0.1, 0.15) is 65.8 Å². The normalized spacial score (nSPS) is 15.7. The van der Waals surface area contributed by atoms with Gasteiger partial charge in [0.05, 0.1) is 27.3 Å². The molecule has 2 nitrogen and oxygen atoms in total. The first-order valence-corrected chi connectivity index (χ1v) is 13.0. The average Bonchev–Trinajstić information content (AvgIpc) is 3.17. The van der Waals surface area contributed by atoms with Gasteiger partial charge in [-0.25, -0.2) is 4.57 Å². The summed E-state index contributed by atoms with van der Waals surface area (Å²) in [5.74, 6) is 0.664. The van der Waals surface area contributed by atoms with Crippen molar-refractivity contribution in [2.45, 2.75) is 65.7 Å². The van der Waals surface area contributed by atoms with Gasteiger partial charge in [0, 0.05) is 16.8 Å². The van der Waals surface area contributed by atoms with Crippen LogP contribution in [0.3, 0.4) is 0 Å². The van der Waals surface area contributed by atoms with Crippen LogP contribution in [0, 0.1) is 27.7 Å². The zero-order valence-electron chi connectivity index (χ0n) is 21.0. The monoisotopic (exact) mass is 445 g/mol. The summed E-state index contributed by atoms with van der Waals surface area (Å²) < 4.78 is 4.99. The van der Waals surface area contributed by atoms with Gasteiger partial charge in [-0.1, -0.05) is 37.0 Å². The Morgan fingerprint density at radius 3 is 2.38 bits per heavy atom. The molecule has 0 amide bonds. The topological polar surface area (TPSA) is 8.29 Å².